The van der Waals surface area contributed by atoms with Gasteiger partial charge in [-0.2, -0.15) is 5.10 Å². The topological polar surface area (TPSA) is 53.4 Å². The van der Waals surface area contributed by atoms with Crippen molar-refractivity contribution >= 4 is 17.3 Å². The molecule has 2 heterocycles. The number of amides is 1. The van der Waals surface area contributed by atoms with Crippen LogP contribution >= 0.6 is 0 Å². The number of anilines is 2. The third-order valence-electron chi connectivity index (χ3n) is 4.97. The minimum absolute atomic E-state index is 0.0311. The van der Waals surface area contributed by atoms with Gasteiger partial charge in [0, 0.05) is 38.9 Å². The largest absolute Gasteiger partial charge is 0.369 e. The van der Waals surface area contributed by atoms with Crippen LogP contribution in [0, 0.1) is 20.8 Å². The molecule has 3 rings (SSSR count). The highest BCUT2D eigenvalue weighted by molar-refractivity contribution is 5.93. The zero-order valence-electron chi connectivity index (χ0n) is 15.5. The number of aromatic nitrogens is 2. The van der Waals surface area contributed by atoms with Crippen LogP contribution in [0.15, 0.2) is 24.3 Å². The van der Waals surface area contributed by atoms with Gasteiger partial charge >= 0.3 is 0 Å². The molecule has 1 aliphatic rings. The quantitative estimate of drug-likeness (QED) is 0.925. The van der Waals surface area contributed by atoms with Crippen molar-refractivity contribution in [2.45, 2.75) is 20.8 Å². The first-order chi connectivity index (χ1) is 12.0. The number of nitrogens with one attached hydrogen (secondary N) is 1. The van der Waals surface area contributed by atoms with E-state index in [1.165, 1.54) is 11.3 Å². The number of rotatable bonds is 4. The highest BCUT2D eigenvalue weighted by Gasteiger charge is 2.21. The molecule has 1 N–H and O–H groups in total. The molecule has 6 nitrogen and oxygen atoms in total. The molecule has 0 unspecified atom stereocenters. The first-order valence-electron chi connectivity index (χ1n) is 8.78. The lowest BCUT2D eigenvalue weighted by atomic mass is 10.1. The van der Waals surface area contributed by atoms with E-state index in [0.717, 1.165) is 43.3 Å². The Bertz CT molecular complexity index is 759. The molecular formula is C19H27N5O. The van der Waals surface area contributed by atoms with Crippen molar-refractivity contribution in [2.75, 3.05) is 42.9 Å². The van der Waals surface area contributed by atoms with E-state index < -0.39 is 0 Å². The summed E-state index contributed by atoms with van der Waals surface area (Å²) >= 11 is 0. The zero-order valence-corrected chi connectivity index (χ0v) is 15.5. The molecular weight excluding hydrogens is 314 g/mol. The standard InChI is InChI=1S/C19H27N5O/c1-14-7-5-6-8-17(14)24-11-9-23(10-12-24)13-18(25)20-19-15(2)21-22(4)16(19)3/h5-8H,9-13H2,1-4H3,(H,20,25). The number of hydrogen-bond donors (Lipinski definition) is 1. The molecule has 0 bridgehead atoms. The average Bonchev–Trinajstić information content (AvgIpc) is 2.82. The second-order valence-corrected chi connectivity index (χ2v) is 6.77. The number of carbonyl (C=O) groups is 1. The molecule has 1 aliphatic heterocycles. The van der Waals surface area contributed by atoms with Gasteiger partial charge in [0.15, 0.2) is 0 Å². The fourth-order valence-corrected chi connectivity index (χ4v) is 3.40. The lowest BCUT2D eigenvalue weighted by molar-refractivity contribution is -0.117. The summed E-state index contributed by atoms with van der Waals surface area (Å²) in [5, 5.41) is 7.36. The van der Waals surface area contributed by atoms with Gasteiger partial charge in [-0.25, -0.2) is 0 Å². The van der Waals surface area contributed by atoms with Gasteiger partial charge in [-0.05, 0) is 32.4 Å². The molecule has 0 aliphatic carbocycles. The van der Waals surface area contributed by atoms with Gasteiger partial charge in [0.25, 0.3) is 0 Å². The summed E-state index contributed by atoms with van der Waals surface area (Å²) in [6, 6.07) is 8.47. The zero-order chi connectivity index (χ0) is 18.0. The smallest absolute Gasteiger partial charge is 0.238 e. The predicted molar refractivity (Wildman–Crippen MR) is 101 cm³/mol. The molecule has 134 valence electrons. The fraction of sp³-hybridized carbons (Fsp3) is 0.474. The van der Waals surface area contributed by atoms with Crippen molar-refractivity contribution in [3.63, 3.8) is 0 Å². The molecule has 1 aromatic carbocycles. The van der Waals surface area contributed by atoms with Gasteiger partial charge in [-0.3, -0.25) is 14.4 Å². The highest BCUT2D eigenvalue weighted by Crippen LogP contribution is 2.21. The van der Waals surface area contributed by atoms with Gasteiger partial charge in [0.05, 0.1) is 23.6 Å². The Kier molecular flexibility index (Phi) is 5.08. The van der Waals surface area contributed by atoms with Crippen molar-refractivity contribution in [1.82, 2.24) is 14.7 Å². The maximum atomic E-state index is 12.4. The molecule has 0 saturated carbocycles. The van der Waals surface area contributed by atoms with E-state index in [1.54, 1.807) is 4.68 Å². The highest BCUT2D eigenvalue weighted by atomic mass is 16.2. The molecule has 2 aromatic rings. The number of carbonyl (C=O) groups excluding carboxylic acids is 1. The number of nitrogens with zero attached hydrogens (tertiary/aromatic N) is 4. The van der Waals surface area contributed by atoms with Crippen LogP contribution in [0.1, 0.15) is 17.0 Å². The maximum Gasteiger partial charge on any atom is 0.238 e. The van der Waals surface area contributed by atoms with E-state index in [0.29, 0.717) is 6.54 Å². The minimum atomic E-state index is 0.0311. The van der Waals surface area contributed by atoms with Crippen LogP contribution in [0.25, 0.3) is 0 Å². The number of aryl methyl sites for hydroxylation is 3. The maximum absolute atomic E-state index is 12.4. The van der Waals surface area contributed by atoms with Crippen molar-refractivity contribution in [3.05, 3.63) is 41.2 Å². The Hall–Kier alpha value is -2.34. The SMILES string of the molecule is Cc1ccccc1N1CCN(CC(=O)Nc2c(C)nn(C)c2C)CC1. The predicted octanol–water partition coefficient (Wildman–Crippen LogP) is 2.11. The van der Waals surface area contributed by atoms with Crippen LogP contribution < -0.4 is 10.2 Å². The summed E-state index contributed by atoms with van der Waals surface area (Å²) in [6.07, 6.45) is 0. The number of para-hydroxylation sites is 1. The summed E-state index contributed by atoms with van der Waals surface area (Å²) in [6.45, 7) is 10.1. The fourth-order valence-electron chi connectivity index (χ4n) is 3.40. The van der Waals surface area contributed by atoms with Gasteiger partial charge in [0.2, 0.25) is 5.91 Å². The Morgan fingerprint density at radius 2 is 1.80 bits per heavy atom. The average molecular weight is 341 g/mol. The summed E-state index contributed by atoms with van der Waals surface area (Å²) in [5.74, 6) is 0.0311. The van der Waals surface area contributed by atoms with Crippen LogP contribution in [-0.2, 0) is 11.8 Å². The third-order valence-corrected chi connectivity index (χ3v) is 4.97. The van der Waals surface area contributed by atoms with Gasteiger partial charge in [-0.15, -0.1) is 0 Å². The van der Waals surface area contributed by atoms with E-state index >= 15 is 0 Å². The molecule has 25 heavy (non-hydrogen) atoms. The van der Waals surface area contributed by atoms with Gasteiger partial charge < -0.3 is 10.2 Å². The van der Waals surface area contributed by atoms with Crippen LogP contribution in [-0.4, -0.2) is 53.3 Å². The van der Waals surface area contributed by atoms with Crippen LogP contribution in [0.3, 0.4) is 0 Å². The lowest BCUT2D eigenvalue weighted by Gasteiger charge is -2.36. The van der Waals surface area contributed by atoms with Gasteiger partial charge in [0.1, 0.15) is 0 Å². The molecule has 1 amide bonds. The van der Waals surface area contributed by atoms with Crippen LogP contribution in [0.5, 0.6) is 0 Å². The molecule has 1 fully saturated rings. The Balaban J connectivity index is 1.54. The number of piperazine rings is 1. The second kappa shape index (κ2) is 7.27. The Morgan fingerprint density at radius 3 is 2.40 bits per heavy atom. The number of benzene rings is 1. The minimum Gasteiger partial charge on any atom is -0.369 e. The molecule has 1 saturated heterocycles. The van der Waals surface area contributed by atoms with Crippen molar-refractivity contribution < 1.29 is 4.79 Å². The van der Waals surface area contributed by atoms with Gasteiger partial charge in [-0.1, -0.05) is 18.2 Å². The summed E-state index contributed by atoms with van der Waals surface area (Å²) < 4.78 is 1.80. The second-order valence-electron chi connectivity index (χ2n) is 6.77. The first kappa shape index (κ1) is 17.5. The van der Waals surface area contributed by atoms with E-state index in [-0.39, 0.29) is 5.91 Å². The summed E-state index contributed by atoms with van der Waals surface area (Å²) in [4.78, 5) is 17.0. The van der Waals surface area contributed by atoms with E-state index in [2.05, 4.69) is 51.4 Å². The Labute approximate surface area is 149 Å². The monoisotopic (exact) mass is 341 g/mol. The molecule has 0 atom stereocenters. The van der Waals surface area contributed by atoms with E-state index in [4.69, 9.17) is 0 Å². The van der Waals surface area contributed by atoms with E-state index in [1.807, 2.05) is 20.9 Å². The molecule has 1 aromatic heterocycles. The van der Waals surface area contributed by atoms with Crippen LogP contribution in [0.2, 0.25) is 0 Å². The number of hydrogen-bond acceptors (Lipinski definition) is 4. The molecule has 0 spiro atoms. The lowest BCUT2D eigenvalue weighted by Crippen LogP contribution is -2.48. The van der Waals surface area contributed by atoms with Crippen molar-refractivity contribution in [2.24, 2.45) is 7.05 Å². The third kappa shape index (κ3) is 3.85. The normalized spacial score (nSPS) is 15.4. The molecule has 0 radical (unpaired) electrons. The summed E-state index contributed by atoms with van der Waals surface area (Å²) in [5.41, 5.74) is 5.28. The first-order valence-corrected chi connectivity index (χ1v) is 8.78. The Morgan fingerprint density at radius 1 is 1.12 bits per heavy atom. The van der Waals surface area contributed by atoms with Crippen molar-refractivity contribution in [3.8, 4) is 0 Å². The van der Waals surface area contributed by atoms with Crippen molar-refractivity contribution in [1.29, 1.82) is 0 Å². The van der Waals surface area contributed by atoms with Crippen LogP contribution in [0.4, 0.5) is 11.4 Å². The summed E-state index contributed by atoms with van der Waals surface area (Å²) in [7, 11) is 1.89. The van der Waals surface area contributed by atoms with E-state index in [9.17, 15) is 4.79 Å². The molecule has 6 heteroatoms.